The number of hydrogen-bond donors (Lipinski definition) is 0. The molecule has 0 amide bonds. The Hall–Kier alpha value is 0.263. The molecule has 0 aliphatic carbocycles. The van der Waals surface area contributed by atoms with E-state index in [2.05, 4.69) is 25.3 Å². The van der Waals surface area contributed by atoms with Crippen LogP contribution in [-0.4, -0.2) is 5.48 Å². The zero-order valence-corrected chi connectivity index (χ0v) is 7.80. The maximum Gasteiger partial charge on any atom is 2.00 e. The molecule has 3 nitrogen and oxygen atoms in total. The first-order valence-electron chi connectivity index (χ1n) is 0.855. The van der Waals surface area contributed by atoms with Crippen LogP contribution in [0.3, 0.4) is 0 Å². The van der Waals surface area contributed by atoms with Crippen molar-refractivity contribution in [3.05, 3.63) is 0 Å². The zero-order chi connectivity index (χ0) is 5.41. The Labute approximate surface area is 77.9 Å². The second-order valence-electron chi connectivity index (χ2n) is 0.183. The maximum absolute atomic E-state index is 7.13. The van der Waals surface area contributed by atoms with Crippen LogP contribution in [0.15, 0.2) is 0 Å². The van der Waals surface area contributed by atoms with Crippen molar-refractivity contribution in [3.8, 4) is 10.8 Å². The summed E-state index contributed by atoms with van der Waals surface area (Å²) in [4.78, 5) is 0. The molecule has 0 saturated carbocycles. The zero-order valence-electron chi connectivity index (χ0n) is 3.71. The Balaban J connectivity index is -0.0000000160. The molecule has 0 atom stereocenters. The van der Waals surface area contributed by atoms with Gasteiger partial charge in [0.05, 0.1) is 0 Å². The van der Waals surface area contributed by atoms with Gasteiger partial charge in [0.1, 0.15) is 0 Å². The molecule has 0 aromatic rings. The van der Waals surface area contributed by atoms with E-state index in [0.29, 0.717) is 0 Å². The summed E-state index contributed by atoms with van der Waals surface area (Å²) in [6, 6.07) is 0. The average molecular weight is 225 g/mol. The topological polar surface area (TPSA) is 79.1 Å². The first-order chi connectivity index (χ1) is 2.83. The van der Waals surface area contributed by atoms with Gasteiger partial charge in [-0.25, -0.2) is 10.5 Å². The molecular weight excluding hydrogens is 223 g/mol. The monoisotopic (exact) mass is 224 g/mol. The van der Waals surface area contributed by atoms with E-state index in [1.807, 2.05) is 0 Å². The van der Waals surface area contributed by atoms with E-state index in [1.54, 1.807) is 0 Å². The minimum atomic E-state index is 0. The molecule has 6 heteroatoms. The Morgan fingerprint density at radius 1 is 1.00 bits per heavy atom. The van der Waals surface area contributed by atoms with Gasteiger partial charge in [-0.15, -0.1) is 0 Å². The summed E-state index contributed by atoms with van der Waals surface area (Å²) in [6.07, 6.45) is 0. The summed E-state index contributed by atoms with van der Waals surface area (Å²) in [5, 5.41) is 16.9. The van der Waals surface area contributed by atoms with Gasteiger partial charge in [0, 0.05) is 0 Å². The molecule has 8 heavy (non-hydrogen) atoms. The Morgan fingerprint density at radius 3 is 1.00 bits per heavy atom. The van der Waals surface area contributed by atoms with Crippen LogP contribution in [0, 0.1) is 21.3 Å². The van der Waals surface area contributed by atoms with E-state index in [0.717, 1.165) is 0 Å². The Morgan fingerprint density at radius 2 is 1.00 bits per heavy atom. The summed E-state index contributed by atoms with van der Waals surface area (Å²) < 4.78 is 0. The van der Waals surface area contributed by atoms with Crippen LogP contribution in [0.25, 0.3) is 0 Å². The van der Waals surface area contributed by atoms with Crippen molar-refractivity contribution in [2.45, 2.75) is 0 Å². The smallest absolute Gasteiger partial charge is 0.696 e. The van der Waals surface area contributed by atoms with Crippen molar-refractivity contribution >= 4 is 25.3 Å². The molecule has 0 aliphatic rings. The molecule has 0 aromatic carbocycles. The molecule has 0 fully saturated rings. The number of hydrogen-bond acceptors (Lipinski definition) is 4. The van der Waals surface area contributed by atoms with Crippen LogP contribution in [0.4, 0.5) is 0 Å². The molecular formula is C2H2N2OS2Zr. The SMILES string of the molecule is N#C[S-].N#C[S-].O.[Zr+2]. The number of thiocyanates is 2. The molecule has 0 aliphatic heterocycles. The van der Waals surface area contributed by atoms with Gasteiger partial charge in [-0.2, -0.15) is 0 Å². The van der Waals surface area contributed by atoms with E-state index in [9.17, 15) is 0 Å². The second kappa shape index (κ2) is 55.6. The summed E-state index contributed by atoms with van der Waals surface area (Å²) in [7, 11) is 0. The third-order valence-electron chi connectivity index (χ3n) is 0. The van der Waals surface area contributed by atoms with E-state index < -0.39 is 0 Å². The molecule has 0 heterocycles. The number of rotatable bonds is 0. The van der Waals surface area contributed by atoms with Crippen LogP contribution in [0.1, 0.15) is 0 Å². The summed E-state index contributed by atoms with van der Waals surface area (Å²) >= 11 is 7.40. The molecule has 0 saturated heterocycles. The van der Waals surface area contributed by atoms with Crippen molar-refractivity contribution in [1.29, 1.82) is 10.5 Å². The summed E-state index contributed by atoms with van der Waals surface area (Å²) in [6.45, 7) is 0. The third-order valence-corrected chi connectivity index (χ3v) is 0. The molecule has 0 aromatic heterocycles. The standard InChI is InChI=1S/2CHNS.H2O.Zr/c2*2-1-3;;/h2*3H;1H2;/q;;;+2/p-2. The van der Waals surface area contributed by atoms with Crippen LogP contribution < -0.4 is 0 Å². The van der Waals surface area contributed by atoms with Gasteiger partial charge in [0.2, 0.25) is 0 Å². The quantitative estimate of drug-likeness (QED) is 0.399. The molecule has 0 unspecified atom stereocenters. The van der Waals surface area contributed by atoms with Crippen LogP contribution >= 0.6 is 0 Å². The second-order valence-corrected chi connectivity index (χ2v) is 0.548. The molecule has 42 valence electrons. The predicted molar refractivity (Wildman–Crippen MR) is 29.6 cm³/mol. The molecule has 0 bridgehead atoms. The van der Waals surface area contributed by atoms with Gasteiger partial charge in [-0.3, -0.25) is 0 Å². The van der Waals surface area contributed by atoms with Gasteiger partial charge >= 0.3 is 26.2 Å². The Bertz CT molecular complexity index is 73.0. The van der Waals surface area contributed by atoms with Crippen LogP contribution in [-0.2, 0) is 51.5 Å². The number of nitriles is 2. The Kier molecular flexibility index (Phi) is 167. The van der Waals surface area contributed by atoms with Gasteiger partial charge in [0.25, 0.3) is 0 Å². The van der Waals surface area contributed by atoms with Crippen LogP contribution in [0.2, 0.25) is 0 Å². The van der Waals surface area contributed by atoms with Crippen molar-refractivity contribution in [3.63, 3.8) is 0 Å². The fraction of sp³-hybridized carbons (Fsp3) is 0. The van der Waals surface area contributed by atoms with E-state index in [4.69, 9.17) is 10.5 Å². The average Bonchev–Trinajstić information content (AvgIpc) is 1.39. The first kappa shape index (κ1) is 24.0. The maximum atomic E-state index is 7.13. The first-order valence-corrected chi connectivity index (χ1v) is 1.67. The van der Waals surface area contributed by atoms with E-state index in [-0.39, 0.29) is 31.7 Å². The minimum Gasteiger partial charge on any atom is -0.696 e. The molecule has 0 radical (unpaired) electrons. The summed E-state index contributed by atoms with van der Waals surface area (Å²) in [5.74, 6) is 0. The fourth-order valence-electron chi connectivity index (χ4n) is 0. The van der Waals surface area contributed by atoms with Crippen molar-refractivity contribution in [2.75, 3.05) is 0 Å². The summed E-state index contributed by atoms with van der Waals surface area (Å²) in [5.41, 5.74) is 0. The largest absolute Gasteiger partial charge is 2.00 e. The van der Waals surface area contributed by atoms with Gasteiger partial charge in [0.15, 0.2) is 0 Å². The molecule has 0 rings (SSSR count). The minimum absolute atomic E-state index is 0. The van der Waals surface area contributed by atoms with Crippen molar-refractivity contribution in [1.82, 2.24) is 0 Å². The third kappa shape index (κ3) is 2510. The van der Waals surface area contributed by atoms with Crippen LogP contribution in [0.5, 0.6) is 0 Å². The number of nitrogens with zero attached hydrogens (tertiary/aromatic N) is 2. The predicted octanol–water partition coefficient (Wildman–Crippen LogP) is -0.798. The van der Waals surface area contributed by atoms with Gasteiger partial charge in [-0.05, 0) is 0 Å². The van der Waals surface area contributed by atoms with Gasteiger partial charge in [-0.1, -0.05) is 10.8 Å². The van der Waals surface area contributed by atoms with E-state index >= 15 is 0 Å². The van der Waals surface area contributed by atoms with E-state index in [1.165, 1.54) is 10.8 Å². The fourth-order valence-corrected chi connectivity index (χ4v) is 0. The van der Waals surface area contributed by atoms with Gasteiger partial charge < -0.3 is 30.7 Å². The van der Waals surface area contributed by atoms with Crippen molar-refractivity contribution in [2.24, 2.45) is 0 Å². The normalized spacial score (nSPS) is 1.75. The molecule has 2 N–H and O–H groups in total. The van der Waals surface area contributed by atoms with Crippen molar-refractivity contribution < 1.29 is 31.7 Å². The molecule has 0 spiro atoms.